The zero-order chi connectivity index (χ0) is 17.7. The van der Waals surface area contributed by atoms with Crippen molar-refractivity contribution in [2.45, 2.75) is 32.6 Å². The number of ether oxygens (including phenoxy) is 3. The summed E-state index contributed by atoms with van der Waals surface area (Å²) in [5.41, 5.74) is 1.85. The van der Waals surface area contributed by atoms with Gasteiger partial charge in [-0.3, -0.25) is 9.59 Å². The van der Waals surface area contributed by atoms with E-state index in [1.807, 2.05) is 24.3 Å². The van der Waals surface area contributed by atoms with E-state index in [9.17, 15) is 9.59 Å². The predicted molar refractivity (Wildman–Crippen MR) is 90.5 cm³/mol. The third-order valence-corrected chi connectivity index (χ3v) is 4.56. The van der Waals surface area contributed by atoms with Crippen LogP contribution in [0.4, 0.5) is 0 Å². The Morgan fingerprint density at radius 1 is 1.00 bits per heavy atom. The number of allylic oxidation sites excluding steroid dienone is 2. The molecule has 0 saturated carbocycles. The van der Waals surface area contributed by atoms with Gasteiger partial charge in [0.2, 0.25) is 0 Å². The fourth-order valence-electron chi connectivity index (χ4n) is 3.36. The van der Waals surface area contributed by atoms with Crippen LogP contribution in [0.25, 0.3) is 5.57 Å². The van der Waals surface area contributed by atoms with Crippen molar-refractivity contribution in [1.29, 1.82) is 0 Å². The Labute approximate surface area is 142 Å². The molecule has 0 amide bonds. The van der Waals surface area contributed by atoms with Gasteiger partial charge in [0.25, 0.3) is 0 Å². The monoisotopic (exact) mass is 332 g/mol. The maximum atomic E-state index is 12.4. The van der Waals surface area contributed by atoms with Crippen molar-refractivity contribution in [2.75, 3.05) is 21.3 Å². The molecule has 0 aromatic heterocycles. The topological polar surface area (TPSA) is 61.8 Å². The summed E-state index contributed by atoms with van der Waals surface area (Å²) >= 11 is 0. The van der Waals surface area contributed by atoms with E-state index in [2.05, 4.69) is 6.92 Å². The second-order valence-electron chi connectivity index (χ2n) is 5.98. The van der Waals surface area contributed by atoms with E-state index in [0.29, 0.717) is 12.8 Å². The first-order chi connectivity index (χ1) is 11.5. The lowest BCUT2D eigenvalue weighted by molar-refractivity contribution is -0.168. The summed E-state index contributed by atoms with van der Waals surface area (Å²) in [5, 5.41) is 0. The Morgan fingerprint density at radius 2 is 1.58 bits per heavy atom. The van der Waals surface area contributed by atoms with Gasteiger partial charge in [-0.25, -0.2) is 0 Å². The van der Waals surface area contributed by atoms with Crippen LogP contribution in [-0.2, 0) is 19.1 Å². The SMILES string of the molecule is CCCC1=C(c2ccc(OC)cc2)CC(C(=O)OC)(C(=O)OC)C1. The summed E-state index contributed by atoms with van der Waals surface area (Å²) in [5.74, 6) is -0.306. The lowest BCUT2D eigenvalue weighted by atomic mass is 9.83. The second-order valence-corrected chi connectivity index (χ2v) is 5.98. The number of hydrogen-bond donors (Lipinski definition) is 0. The Kier molecular flexibility index (Phi) is 5.65. The van der Waals surface area contributed by atoms with Gasteiger partial charge < -0.3 is 14.2 Å². The summed E-state index contributed by atoms with van der Waals surface area (Å²) in [7, 11) is 4.22. The number of hydrogen-bond acceptors (Lipinski definition) is 5. The van der Waals surface area contributed by atoms with Crippen molar-refractivity contribution >= 4 is 17.5 Å². The highest BCUT2D eigenvalue weighted by molar-refractivity contribution is 6.04. The lowest BCUT2D eigenvalue weighted by Gasteiger charge is -2.23. The number of carbonyl (C=O) groups is 2. The predicted octanol–water partition coefficient (Wildman–Crippen LogP) is 3.38. The largest absolute Gasteiger partial charge is 0.497 e. The van der Waals surface area contributed by atoms with Crippen LogP contribution in [0.1, 0.15) is 38.2 Å². The average molecular weight is 332 g/mol. The van der Waals surface area contributed by atoms with Crippen LogP contribution in [0.5, 0.6) is 5.75 Å². The normalized spacial score (nSPS) is 16.0. The molecule has 5 nitrogen and oxygen atoms in total. The maximum Gasteiger partial charge on any atom is 0.323 e. The number of benzene rings is 1. The first-order valence-corrected chi connectivity index (χ1v) is 8.04. The summed E-state index contributed by atoms with van der Waals surface area (Å²) in [6.07, 6.45) is 2.42. The number of rotatable bonds is 6. The molecule has 1 aromatic rings. The molecule has 130 valence electrons. The van der Waals surface area contributed by atoms with Crippen molar-refractivity contribution in [3.63, 3.8) is 0 Å². The first-order valence-electron chi connectivity index (χ1n) is 8.04. The molecule has 2 rings (SSSR count). The zero-order valence-corrected chi connectivity index (χ0v) is 14.7. The van der Waals surface area contributed by atoms with Crippen molar-refractivity contribution in [3.8, 4) is 5.75 Å². The average Bonchev–Trinajstić information content (AvgIpc) is 3.01. The standard InChI is InChI=1S/C19H24O5/c1-5-6-14-11-19(17(20)23-3,18(21)24-4)12-16(14)13-7-9-15(22-2)10-8-13/h7-10H,5-6,11-12H2,1-4H3. The van der Waals surface area contributed by atoms with Crippen LogP contribution in [0.15, 0.2) is 29.8 Å². The van der Waals surface area contributed by atoms with Crippen molar-refractivity contribution in [3.05, 3.63) is 35.4 Å². The van der Waals surface area contributed by atoms with E-state index in [1.54, 1.807) is 7.11 Å². The van der Waals surface area contributed by atoms with Gasteiger partial charge in [0, 0.05) is 6.42 Å². The molecular formula is C19H24O5. The molecule has 0 heterocycles. The molecular weight excluding hydrogens is 308 g/mol. The lowest BCUT2D eigenvalue weighted by Crippen LogP contribution is -2.39. The fourth-order valence-corrected chi connectivity index (χ4v) is 3.36. The molecule has 0 unspecified atom stereocenters. The summed E-state index contributed by atoms with van der Waals surface area (Å²) < 4.78 is 15.0. The zero-order valence-electron chi connectivity index (χ0n) is 14.7. The fraction of sp³-hybridized carbons (Fsp3) is 0.474. The van der Waals surface area contributed by atoms with E-state index >= 15 is 0 Å². The Balaban J connectivity index is 2.44. The van der Waals surface area contributed by atoms with Crippen LogP contribution in [-0.4, -0.2) is 33.3 Å². The van der Waals surface area contributed by atoms with Crippen LogP contribution in [0.3, 0.4) is 0 Å². The number of methoxy groups -OCH3 is 3. The quantitative estimate of drug-likeness (QED) is 0.590. The summed E-state index contributed by atoms with van der Waals surface area (Å²) in [6.45, 7) is 2.08. The van der Waals surface area contributed by atoms with Gasteiger partial charge in [0.05, 0.1) is 21.3 Å². The minimum atomic E-state index is -1.27. The van der Waals surface area contributed by atoms with Gasteiger partial charge in [0.1, 0.15) is 5.75 Å². The smallest absolute Gasteiger partial charge is 0.323 e. The van der Waals surface area contributed by atoms with Gasteiger partial charge >= 0.3 is 11.9 Å². The molecule has 0 radical (unpaired) electrons. The van der Waals surface area contributed by atoms with Gasteiger partial charge in [-0.1, -0.05) is 31.1 Å². The third-order valence-electron chi connectivity index (χ3n) is 4.56. The highest BCUT2D eigenvalue weighted by atomic mass is 16.5. The summed E-state index contributed by atoms with van der Waals surface area (Å²) in [4.78, 5) is 24.8. The molecule has 0 bridgehead atoms. The van der Waals surface area contributed by atoms with E-state index in [4.69, 9.17) is 14.2 Å². The molecule has 0 saturated heterocycles. The van der Waals surface area contributed by atoms with Gasteiger partial charge in [-0.05, 0) is 36.1 Å². The van der Waals surface area contributed by atoms with Crippen molar-refractivity contribution in [2.24, 2.45) is 5.41 Å². The molecule has 1 aromatic carbocycles. The van der Waals surface area contributed by atoms with Crippen molar-refractivity contribution in [1.82, 2.24) is 0 Å². The van der Waals surface area contributed by atoms with Crippen LogP contribution in [0, 0.1) is 5.41 Å². The highest BCUT2D eigenvalue weighted by Gasteiger charge is 2.53. The van der Waals surface area contributed by atoms with Crippen LogP contribution >= 0.6 is 0 Å². The van der Waals surface area contributed by atoms with Gasteiger partial charge in [-0.15, -0.1) is 0 Å². The molecule has 0 fully saturated rings. The Hall–Kier alpha value is -2.30. The molecule has 0 N–H and O–H groups in total. The molecule has 24 heavy (non-hydrogen) atoms. The Bertz CT molecular complexity index is 626. The summed E-state index contributed by atoms with van der Waals surface area (Å²) in [6, 6.07) is 7.66. The molecule has 0 atom stereocenters. The molecule has 0 aliphatic heterocycles. The number of carbonyl (C=O) groups excluding carboxylic acids is 2. The molecule has 5 heteroatoms. The first kappa shape index (κ1) is 18.0. The van der Waals surface area contributed by atoms with E-state index in [1.165, 1.54) is 14.2 Å². The molecule has 0 spiro atoms. The molecule has 1 aliphatic rings. The minimum absolute atomic E-state index is 0.300. The third kappa shape index (κ3) is 3.16. The Morgan fingerprint density at radius 3 is 2.04 bits per heavy atom. The molecule has 1 aliphatic carbocycles. The van der Waals surface area contributed by atoms with Crippen LogP contribution < -0.4 is 4.74 Å². The maximum absolute atomic E-state index is 12.4. The van der Waals surface area contributed by atoms with Gasteiger partial charge in [0.15, 0.2) is 5.41 Å². The van der Waals surface area contributed by atoms with E-state index in [-0.39, 0.29) is 0 Å². The highest BCUT2D eigenvalue weighted by Crippen LogP contribution is 2.49. The van der Waals surface area contributed by atoms with E-state index in [0.717, 1.165) is 35.3 Å². The van der Waals surface area contributed by atoms with Crippen molar-refractivity contribution < 1.29 is 23.8 Å². The number of esters is 2. The van der Waals surface area contributed by atoms with Crippen LogP contribution in [0.2, 0.25) is 0 Å². The second kappa shape index (κ2) is 7.51. The minimum Gasteiger partial charge on any atom is -0.497 e. The van der Waals surface area contributed by atoms with E-state index < -0.39 is 17.4 Å². The van der Waals surface area contributed by atoms with Gasteiger partial charge in [-0.2, -0.15) is 0 Å².